The van der Waals surface area contributed by atoms with Crippen molar-refractivity contribution in [1.82, 2.24) is 0 Å². The van der Waals surface area contributed by atoms with Gasteiger partial charge in [0.2, 0.25) is 0 Å². The van der Waals surface area contributed by atoms with Crippen molar-refractivity contribution in [3.05, 3.63) is 59.4 Å². The van der Waals surface area contributed by atoms with Crippen LogP contribution in [-0.4, -0.2) is 9.52 Å². The summed E-state index contributed by atoms with van der Waals surface area (Å²) in [5, 5.41) is 0. The third-order valence-corrected chi connectivity index (χ3v) is 11.5. The highest BCUT2D eigenvalue weighted by molar-refractivity contribution is 6.37. The lowest BCUT2D eigenvalue weighted by atomic mass is 9.67. The van der Waals surface area contributed by atoms with E-state index in [4.69, 9.17) is 0 Å². The van der Waals surface area contributed by atoms with E-state index in [0.29, 0.717) is 5.92 Å². The standard InChI is InChI=1S/C31H45FSi/c1-4-7-23-8-10-24(11-9-23)25-12-14-26(15-13-25)29-17-16-27(22-30(29)32)31(5-2)20-18-28(19-21-31)33-6-3/h12-17,22-24,28H,4-11,18-21,33H2,1-3H3/t23-,24-,28-,31-. The van der Waals surface area contributed by atoms with Gasteiger partial charge in [-0.1, -0.05) is 94.4 Å². The second kappa shape index (κ2) is 11.3. The normalized spacial score (nSPS) is 28.4. The number of hydrogen-bond donors (Lipinski definition) is 0. The van der Waals surface area contributed by atoms with Crippen molar-refractivity contribution < 1.29 is 4.39 Å². The molecule has 0 unspecified atom stereocenters. The molecule has 2 fully saturated rings. The fourth-order valence-corrected chi connectivity index (χ4v) is 8.78. The first kappa shape index (κ1) is 24.7. The van der Waals surface area contributed by atoms with Gasteiger partial charge in [0.15, 0.2) is 0 Å². The van der Waals surface area contributed by atoms with Crippen molar-refractivity contribution in [2.45, 2.75) is 114 Å². The minimum Gasteiger partial charge on any atom is -0.206 e. The molecule has 0 N–H and O–H groups in total. The first-order valence-corrected chi connectivity index (χ1v) is 15.8. The van der Waals surface area contributed by atoms with Gasteiger partial charge in [-0.2, -0.15) is 0 Å². The van der Waals surface area contributed by atoms with Gasteiger partial charge >= 0.3 is 0 Å². The molecule has 0 aliphatic heterocycles. The van der Waals surface area contributed by atoms with E-state index in [-0.39, 0.29) is 20.8 Å². The molecule has 2 aliphatic carbocycles. The van der Waals surface area contributed by atoms with Gasteiger partial charge in [-0.15, -0.1) is 0 Å². The van der Waals surface area contributed by atoms with E-state index in [0.717, 1.165) is 29.0 Å². The molecule has 180 valence electrons. The smallest absolute Gasteiger partial charge is 0.131 e. The lowest BCUT2D eigenvalue weighted by molar-refractivity contribution is 0.282. The molecule has 0 heterocycles. The van der Waals surface area contributed by atoms with Crippen LogP contribution in [0.1, 0.15) is 108 Å². The van der Waals surface area contributed by atoms with E-state index in [1.807, 2.05) is 6.07 Å². The fourth-order valence-electron chi connectivity index (χ4n) is 6.98. The van der Waals surface area contributed by atoms with E-state index in [1.54, 1.807) is 0 Å². The SMILES string of the molecule is CCC[C@H]1CC[C@H](c2ccc(-c3ccc([C@]4(CC)CC[C@@H]([SiH2]CC)CC4)cc3F)cc2)CC1. The molecule has 2 aromatic carbocycles. The Morgan fingerprint density at radius 2 is 1.58 bits per heavy atom. The number of halogens is 1. The van der Waals surface area contributed by atoms with Crippen LogP contribution in [0, 0.1) is 11.7 Å². The van der Waals surface area contributed by atoms with Crippen LogP contribution in [0.4, 0.5) is 4.39 Å². The van der Waals surface area contributed by atoms with Crippen molar-refractivity contribution >= 4 is 9.52 Å². The van der Waals surface area contributed by atoms with Crippen LogP contribution in [-0.2, 0) is 5.41 Å². The number of hydrogen-bond acceptors (Lipinski definition) is 0. The minimum atomic E-state index is -0.0433. The van der Waals surface area contributed by atoms with E-state index >= 15 is 4.39 Å². The van der Waals surface area contributed by atoms with Crippen molar-refractivity contribution in [3.8, 4) is 11.1 Å². The van der Waals surface area contributed by atoms with Gasteiger partial charge in [-0.25, -0.2) is 4.39 Å². The topological polar surface area (TPSA) is 0 Å². The molecule has 0 saturated heterocycles. The van der Waals surface area contributed by atoms with Gasteiger partial charge in [0.1, 0.15) is 5.82 Å². The molecule has 2 aromatic rings. The molecule has 0 atom stereocenters. The summed E-state index contributed by atoms with van der Waals surface area (Å²) in [5.74, 6) is 1.58. The molecule has 2 heteroatoms. The third-order valence-electron chi connectivity index (χ3n) is 9.25. The average molecular weight is 465 g/mol. The quantitative estimate of drug-likeness (QED) is 0.342. The molecule has 33 heavy (non-hydrogen) atoms. The minimum absolute atomic E-state index is 0.0433. The highest BCUT2D eigenvalue weighted by Crippen LogP contribution is 2.46. The van der Waals surface area contributed by atoms with Crippen LogP contribution in [0.2, 0.25) is 11.6 Å². The third kappa shape index (κ3) is 5.64. The Kier molecular flexibility index (Phi) is 8.49. The zero-order valence-corrected chi connectivity index (χ0v) is 22.8. The maximum atomic E-state index is 15.4. The van der Waals surface area contributed by atoms with Gasteiger partial charge in [0, 0.05) is 15.1 Å². The van der Waals surface area contributed by atoms with Crippen molar-refractivity contribution in [3.63, 3.8) is 0 Å². The summed E-state index contributed by atoms with van der Waals surface area (Å²) >= 11 is 0. The molecule has 2 saturated carbocycles. The fraction of sp³-hybridized carbons (Fsp3) is 0.613. The molecule has 0 aromatic heterocycles. The molecule has 0 bridgehead atoms. The van der Waals surface area contributed by atoms with Gasteiger partial charge in [-0.3, -0.25) is 0 Å². The largest absolute Gasteiger partial charge is 0.206 e. The lowest BCUT2D eigenvalue weighted by Crippen LogP contribution is -2.31. The van der Waals surface area contributed by atoms with Crippen LogP contribution >= 0.6 is 0 Å². The Labute approximate surface area is 204 Å². The molecular weight excluding hydrogens is 419 g/mol. The van der Waals surface area contributed by atoms with Crippen LogP contribution in [0.3, 0.4) is 0 Å². The number of rotatable bonds is 8. The Morgan fingerprint density at radius 1 is 0.879 bits per heavy atom. The Balaban J connectivity index is 1.45. The van der Waals surface area contributed by atoms with E-state index in [2.05, 4.69) is 57.2 Å². The van der Waals surface area contributed by atoms with E-state index < -0.39 is 0 Å². The number of benzene rings is 2. The Bertz CT molecular complexity index is 870. The Hall–Kier alpha value is -1.41. The molecule has 0 amide bonds. The van der Waals surface area contributed by atoms with E-state index in [1.165, 1.54) is 81.4 Å². The molecule has 2 aliphatic rings. The molecular formula is C31H45FSi. The second-order valence-electron chi connectivity index (χ2n) is 11.2. The maximum absolute atomic E-state index is 15.4. The summed E-state index contributed by atoms with van der Waals surface area (Å²) in [6.45, 7) is 6.96. The van der Waals surface area contributed by atoms with Crippen LogP contribution < -0.4 is 0 Å². The van der Waals surface area contributed by atoms with E-state index in [9.17, 15) is 0 Å². The first-order valence-electron chi connectivity index (χ1n) is 14.0. The molecule has 0 radical (unpaired) electrons. The summed E-state index contributed by atoms with van der Waals surface area (Å²) in [6, 6.07) is 16.4. The summed E-state index contributed by atoms with van der Waals surface area (Å²) in [4.78, 5) is 0. The second-order valence-corrected chi connectivity index (χ2v) is 13.9. The first-order chi connectivity index (χ1) is 16.1. The molecule has 0 nitrogen and oxygen atoms in total. The van der Waals surface area contributed by atoms with Crippen LogP contribution in [0.5, 0.6) is 0 Å². The highest BCUT2D eigenvalue weighted by atomic mass is 28.2. The average Bonchev–Trinajstić information content (AvgIpc) is 2.86. The Morgan fingerprint density at radius 3 is 2.15 bits per heavy atom. The summed E-state index contributed by atoms with van der Waals surface area (Å²) in [7, 11) is 0.0999. The van der Waals surface area contributed by atoms with Crippen molar-refractivity contribution in [2.75, 3.05) is 0 Å². The van der Waals surface area contributed by atoms with Gasteiger partial charge in [0.05, 0.1) is 0 Å². The monoisotopic (exact) mass is 464 g/mol. The van der Waals surface area contributed by atoms with Gasteiger partial charge in [0.25, 0.3) is 0 Å². The zero-order valence-electron chi connectivity index (χ0n) is 21.3. The predicted octanol–water partition coefficient (Wildman–Crippen LogP) is 9.18. The molecule has 4 rings (SSSR count). The van der Waals surface area contributed by atoms with Crippen LogP contribution in [0.15, 0.2) is 42.5 Å². The van der Waals surface area contributed by atoms with Crippen molar-refractivity contribution in [1.29, 1.82) is 0 Å². The highest BCUT2D eigenvalue weighted by Gasteiger charge is 2.35. The van der Waals surface area contributed by atoms with Crippen LogP contribution in [0.25, 0.3) is 11.1 Å². The van der Waals surface area contributed by atoms with Gasteiger partial charge in [-0.05, 0) is 85.0 Å². The van der Waals surface area contributed by atoms with Gasteiger partial charge < -0.3 is 0 Å². The maximum Gasteiger partial charge on any atom is 0.131 e. The van der Waals surface area contributed by atoms with Crippen molar-refractivity contribution in [2.24, 2.45) is 5.92 Å². The summed E-state index contributed by atoms with van der Waals surface area (Å²) in [5.41, 5.74) is 5.67. The molecule has 0 spiro atoms. The summed E-state index contributed by atoms with van der Waals surface area (Å²) in [6.07, 6.45) is 14.4. The zero-order chi connectivity index (χ0) is 23.3. The summed E-state index contributed by atoms with van der Waals surface area (Å²) < 4.78 is 15.4. The predicted molar refractivity (Wildman–Crippen MR) is 145 cm³/mol. The lowest BCUT2D eigenvalue weighted by Gasteiger charge is -2.40.